The zero-order valence-corrected chi connectivity index (χ0v) is 18.9. The lowest BCUT2D eigenvalue weighted by Crippen LogP contribution is -2.11. The molecule has 7 heteroatoms. The quantitative estimate of drug-likeness (QED) is 0.344. The van der Waals surface area contributed by atoms with E-state index >= 15 is 0 Å². The Kier molecular flexibility index (Phi) is 6.78. The van der Waals surface area contributed by atoms with E-state index in [4.69, 9.17) is 27.9 Å². The van der Waals surface area contributed by atoms with Crippen LogP contribution in [0.3, 0.4) is 0 Å². The lowest BCUT2D eigenvalue weighted by atomic mass is 10.1. The fraction of sp³-hybridized carbons (Fsp3) is 0.120. The minimum absolute atomic E-state index is 0.207. The van der Waals surface area contributed by atoms with Crippen molar-refractivity contribution in [2.24, 2.45) is 0 Å². The molecule has 1 heterocycles. The Morgan fingerprint density at radius 3 is 2.62 bits per heavy atom. The van der Waals surface area contributed by atoms with Crippen LogP contribution in [0, 0.1) is 6.92 Å². The number of nitrogens with one attached hydrogen (secondary N) is 1. The Hall–Kier alpha value is -3.28. The number of aromatic nitrogens is 2. The monoisotopic (exact) mass is 465 g/mol. The predicted molar refractivity (Wildman–Crippen MR) is 128 cm³/mol. The second kappa shape index (κ2) is 9.90. The number of amides is 1. The Balaban J connectivity index is 1.34. The van der Waals surface area contributed by atoms with Gasteiger partial charge in [0.25, 0.3) is 5.91 Å². The molecule has 0 aliphatic rings. The van der Waals surface area contributed by atoms with Gasteiger partial charge in [0.05, 0.1) is 23.5 Å². The average molecular weight is 466 g/mol. The van der Waals surface area contributed by atoms with Gasteiger partial charge >= 0.3 is 0 Å². The maximum absolute atomic E-state index is 12.6. The molecule has 0 aliphatic carbocycles. The molecule has 3 aromatic carbocycles. The number of carbonyl (C=O) groups is 1. The topological polar surface area (TPSA) is 56.1 Å². The highest BCUT2D eigenvalue weighted by molar-refractivity contribution is 6.32. The van der Waals surface area contributed by atoms with Gasteiger partial charge in [-0.15, -0.1) is 0 Å². The number of rotatable bonds is 7. The number of carbonyl (C=O) groups excluding carboxylic acids is 1. The first kappa shape index (κ1) is 21.9. The van der Waals surface area contributed by atoms with Crippen molar-refractivity contribution >= 4 is 34.8 Å². The first-order chi connectivity index (χ1) is 15.5. The number of ether oxygens (including phenoxy) is 1. The summed E-state index contributed by atoms with van der Waals surface area (Å²) in [5.41, 5.74) is 4.22. The third-order valence-corrected chi connectivity index (χ3v) is 5.37. The number of anilines is 1. The van der Waals surface area contributed by atoms with E-state index in [1.165, 1.54) is 0 Å². The van der Waals surface area contributed by atoms with Gasteiger partial charge in [-0.3, -0.25) is 9.48 Å². The Labute approximate surface area is 196 Å². The van der Waals surface area contributed by atoms with Gasteiger partial charge in [-0.1, -0.05) is 53.5 Å². The van der Waals surface area contributed by atoms with Gasteiger partial charge in [0.1, 0.15) is 12.4 Å². The molecule has 0 spiro atoms. The van der Waals surface area contributed by atoms with Crippen molar-refractivity contribution in [2.75, 3.05) is 5.32 Å². The summed E-state index contributed by atoms with van der Waals surface area (Å²) < 4.78 is 7.55. The highest BCUT2D eigenvalue weighted by Crippen LogP contribution is 2.26. The van der Waals surface area contributed by atoms with Crippen molar-refractivity contribution < 1.29 is 9.53 Å². The van der Waals surface area contributed by atoms with E-state index < -0.39 is 0 Å². The molecule has 1 N–H and O–H groups in total. The summed E-state index contributed by atoms with van der Waals surface area (Å²) in [5.74, 6) is 0.435. The Morgan fingerprint density at radius 1 is 1.03 bits per heavy atom. The largest absolute Gasteiger partial charge is 0.487 e. The van der Waals surface area contributed by atoms with Crippen molar-refractivity contribution in [1.82, 2.24) is 9.78 Å². The standard InChI is InChI=1S/C25H21Cl2N3O2/c1-17-5-10-23(27)24(11-17)32-16-18-6-8-20(9-7-18)25(31)29-22-13-28-30(15-22)14-19-3-2-4-21(26)12-19/h2-13,15H,14,16H2,1H3,(H,29,31). The third-order valence-electron chi connectivity index (χ3n) is 4.82. The van der Waals surface area contributed by atoms with Gasteiger partial charge in [-0.2, -0.15) is 5.10 Å². The summed E-state index contributed by atoms with van der Waals surface area (Å²) in [6, 6.07) is 20.5. The molecule has 4 aromatic rings. The van der Waals surface area contributed by atoms with Gasteiger partial charge in [-0.25, -0.2) is 0 Å². The molecular formula is C25H21Cl2N3O2. The molecule has 162 valence electrons. The third kappa shape index (κ3) is 5.69. The fourth-order valence-electron chi connectivity index (χ4n) is 3.17. The van der Waals surface area contributed by atoms with Gasteiger partial charge in [-0.05, 0) is 60.0 Å². The van der Waals surface area contributed by atoms with Gasteiger partial charge in [0.15, 0.2) is 0 Å². The van der Waals surface area contributed by atoms with Crippen LogP contribution in [0.5, 0.6) is 5.75 Å². The first-order valence-corrected chi connectivity index (χ1v) is 10.8. The van der Waals surface area contributed by atoms with E-state index in [0.717, 1.165) is 16.7 Å². The van der Waals surface area contributed by atoms with Crippen molar-refractivity contribution in [3.63, 3.8) is 0 Å². The summed E-state index contributed by atoms with van der Waals surface area (Å²) in [6.45, 7) is 2.91. The normalized spacial score (nSPS) is 10.7. The molecule has 0 saturated heterocycles. The van der Waals surface area contributed by atoms with Crippen LogP contribution in [0.4, 0.5) is 5.69 Å². The van der Waals surface area contributed by atoms with Crippen molar-refractivity contribution in [2.45, 2.75) is 20.1 Å². The van der Waals surface area contributed by atoms with Crippen LogP contribution in [-0.2, 0) is 13.2 Å². The van der Waals surface area contributed by atoms with Crippen LogP contribution in [0.1, 0.15) is 27.0 Å². The van der Waals surface area contributed by atoms with Crippen LogP contribution in [0.25, 0.3) is 0 Å². The van der Waals surface area contributed by atoms with Crippen LogP contribution < -0.4 is 10.1 Å². The van der Waals surface area contributed by atoms with Crippen LogP contribution in [-0.4, -0.2) is 15.7 Å². The minimum atomic E-state index is -0.207. The zero-order chi connectivity index (χ0) is 22.5. The highest BCUT2D eigenvalue weighted by Gasteiger charge is 2.09. The molecule has 1 aromatic heterocycles. The SMILES string of the molecule is Cc1ccc(Cl)c(OCc2ccc(C(=O)Nc3cnn(Cc4cccc(Cl)c4)c3)cc2)c1. The van der Waals surface area contributed by atoms with E-state index in [9.17, 15) is 4.79 Å². The Morgan fingerprint density at radius 2 is 1.84 bits per heavy atom. The molecule has 0 bridgehead atoms. The molecule has 0 unspecified atom stereocenters. The Bertz CT molecular complexity index is 1240. The van der Waals surface area contributed by atoms with Crippen LogP contribution >= 0.6 is 23.2 Å². The summed E-state index contributed by atoms with van der Waals surface area (Å²) in [5, 5.41) is 8.42. The number of hydrogen-bond acceptors (Lipinski definition) is 3. The lowest BCUT2D eigenvalue weighted by Gasteiger charge is -2.09. The second-order valence-electron chi connectivity index (χ2n) is 7.43. The van der Waals surface area contributed by atoms with Gasteiger partial charge in [0.2, 0.25) is 0 Å². The number of benzene rings is 3. The smallest absolute Gasteiger partial charge is 0.255 e. The molecule has 0 atom stereocenters. The molecule has 5 nitrogen and oxygen atoms in total. The van der Waals surface area contributed by atoms with E-state index in [0.29, 0.717) is 40.2 Å². The molecule has 0 fully saturated rings. The summed E-state index contributed by atoms with van der Waals surface area (Å²) in [7, 11) is 0. The number of halogens is 2. The minimum Gasteiger partial charge on any atom is -0.487 e. The zero-order valence-electron chi connectivity index (χ0n) is 17.4. The molecule has 0 aliphatic heterocycles. The summed E-state index contributed by atoms with van der Waals surface area (Å²) in [4.78, 5) is 12.6. The number of aryl methyl sites for hydroxylation is 1. The second-order valence-corrected chi connectivity index (χ2v) is 8.27. The van der Waals surface area contributed by atoms with Crippen molar-refractivity contribution in [3.8, 4) is 5.75 Å². The maximum atomic E-state index is 12.6. The summed E-state index contributed by atoms with van der Waals surface area (Å²) >= 11 is 12.2. The number of nitrogens with zero attached hydrogens (tertiary/aromatic N) is 2. The molecule has 1 amide bonds. The van der Waals surface area contributed by atoms with Crippen molar-refractivity contribution in [1.29, 1.82) is 0 Å². The molecule has 32 heavy (non-hydrogen) atoms. The lowest BCUT2D eigenvalue weighted by molar-refractivity contribution is 0.102. The highest BCUT2D eigenvalue weighted by atomic mass is 35.5. The van der Waals surface area contributed by atoms with Gasteiger partial charge in [0, 0.05) is 16.8 Å². The van der Waals surface area contributed by atoms with E-state index in [2.05, 4.69) is 10.4 Å². The van der Waals surface area contributed by atoms with E-state index in [1.54, 1.807) is 29.2 Å². The maximum Gasteiger partial charge on any atom is 0.255 e. The van der Waals surface area contributed by atoms with Crippen LogP contribution in [0.15, 0.2) is 79.1 Å². The first-order valence-electron chi connectivity index (χ1n) is 10.0. The van der Waals surface area contributed by atoms with E-state index in [1.807, 2.05) is 61.5 Å². The predicted octanol–water partition coefficient (Wildman–Crippen LogP) is 6.38. The van der Waals surface area contributed by atoms with Gasteiger partial charge < -0.3 is 10.1 Å². The fourth-order valence-corrected chi connectivity index (χ4v) is 3.56. The van der Waals surface area contributed by atoms with Crippen LogP contribution in [0.2, 0.25) is 10.0 Å². The number of hydrogen-bond donors (Lipinski definition) is 1. The molecule has 0 radical (unpaired) electrons. The van der Waals surface area contributed by atoms with E-state index in [-0.39, 0.29) is 5.91 Å². The van der Waals surface area contributed by atoms with Crippen molar-refractivity contribution in [3.05, 3.63) is 111 Å². The molecule has 4 rings (SSSR count). The average Bonchev–Trinajstić information content (AvgIpc) is 3.21. The summed E-state index contributed by atoms with van der Waals surface area (Å²) in [6.07, 6.45) is 3.41. The molecular weight excluding hydrogens is 445 g/mol. The molecule has 0 saturated carbocycles.